The van der Waals surface area contributed by atoms with Crippen LogP contribution in [-0.4, -0.2) is 97.9 Å². The van der Waals surface area contributed by atoms with Crippen molar-refractivity contribution in [1.82, 2.24) is 14.7 Å². The maximum Gasteiger partial charge on any atom is 0.225 e. The van der Waals surface area contributed by atoms with Gasteiger partial charge in [-0.05, 0) is 44.4 Å². The SMILES string of the molecule is CC(C)CN1CCN([C@@H]2CCOC3(CCN(C(=O)C4CCOCC4)CC3)C2)CC1. The maximum atomic E-state index is 12.9. The van der Waals surface area contributed by atoms with E-state index in [0.717, 1.165) is 77.4 Å². The number of amides is 1. The molecular formula is C23H41N3O3. The molecule has 29 heavy (non-hydrogen) atoms. The molecule has 4 fully saturated rings. The van der Waals surface area contributed by atoms with Crippen molar-refractivity contribution in [2.24, 2.45) is 11.8 Å². The van der Waals surface area contributed by atoms with Crippen molar-refractivity contribution in [3.05, 3.63) is 0 Å². The molecule has 1 amide bonds. The molecule has 0 aliphatic carbocycles. The van der Waals surface area contributed by atoms with Gasteiger partial charge in [-0.3, -0.25) is 9.69 Å². The summed E-state index contributed by atoms with van der Waals surface area (Å²) in [4.78, 5) is 20.3. The molecule has 4 rings (SSSR count). The van der Waals surface area contributed by atoms with E-state index in [1.807, 2.05) is 0 Å². The second-order valence-corrected chi connectivity index (χ2v) is 10.1. The van der Waals surface area contributed by atoms with Gasteiger partial charge in [0.1, 0.15) is 0 Å². The highest BCUT2D eigenvalue weighted by Crippen LogP contribution is 2.37. The summed E-state index contributed by atoms with van der Waals surface area (Å²) in [6.07, 6.45) is 6.11. The molecule has 0 unspecified atom stereocenters. The van der Waals surface area contributed by atoms with E-state index in [1.54, 1.807) is 0 Å². The van der Waals surface area contributed by atoms with E-state index < -0.39 is 0 Å². The van der Waals surface area contributed by atoms with Crippen LogP contribution >= 0.6 is 0 Å². The molecule has 0 N–H and O–H groups in total. The van der Waals surface area contributed by atoms with Crippen LogP contribution < -0.4 is 0 Å². The van der Waals surface area contributed by atoms with Crippen LogP contribution in [0.3, 0.4) is 0 Å². The third-order valence-corrected chi connectivity index (χ3v) is 7.57. The third-order valence-electron chi connectivity index (χ3n) is 7.57. The highest BCUT2D eigenvalue weighted by Gasteiger charge is 2.43. The van der Waals surface area contributed by atoms with Gasteiger partial charge in [-0.15, -0.1) is 0 Å². The highest BCUT2D eigenvalue weighted by atomic mass is 16.5. The molecule has 0 bridgehead atoms. The van der Waals surface area contributed by atoms with Crippen molar-refractivity contribution in [3.8, 4) is 0 Å². The number of hydrogen-bond acceptors (Lipinski definition) is 5. The molecule has 0 aromatic rings. The Morgan fingerprint density at radius 3 is 2.31 bits per heavy atom. The normalized spacial score (nSPS) is 30.2. The van der Waals surface area contributed by atoms with Crippen LogP contribution in [0.2, 0.25) is 0 Å². The third kappa shape index (κ3) is 5.33. The molecule has 0 saturated carbocycles. The summed E-state index contributed by atoms with van der Waals surface area (Å²) in [5.74, 6) is 1.29. The molecule has 4 aliphatic heterocycles. The van der Waals surface area contributed by atoms with Crippen molar-refractivity contribution in [2.75, 3.05) is 65.6 Å². The van der Waals surface area contributed by atoms with Gasteiger partial charge in [0.05, 0.1) is 5.60 Å². The Hall–Kier alpha value is -0.690. The molecule has 0 aromatic heterocycles. The lowest BCUT2D eigenvalue weighted by molar-refractivity contribution is -0.155. The fourth-order valence-corrected chi connectivity index (χ4v) is 5.83. The van der Waals surface area contributed by atoms with Crippen molar-refractivity contribution in [1.29, 1.82) is 0 Å². The van der Waals surface area contributed by atoms with Gasteiger partial charge in [-0.25, -0.2) is 0 Å². The summed E-state index contributed by atoms with van der Waals surface area (Å²) in [5, 5.41) is 0. The molecular weight excluding hydrogens is 366 g/mol. The van der Waals surface area contributed by atoms with Crippen molar-refractivity contribution in [2.45, 2.75) is 64.0 Å². The van der Waals surface area contributed by atoms with Crippen LogP contribution in [0, 0.1) is 11.8 Å². The van der Waals surface area contributed by atoms with Crippen LogP contribution in [0.25, 0.3) is 0 Å². The minimum atomic E-state index is 0.00440. The lowest BCUT2D eigenvalue weighted by Gasteiger charge is -2.50. The molecule has 6 heteroatoms. The average molecular weight is 408 g/mol. The summed E-state index contributed by atoms with van der Waals surface area (Å²) in [6, 6.07) is 0.655. The second-order valence-electron chi connectivity index (χ2n) is 10.1. The molecule has 4 heterocycles. The van der Waals surface area contributed by atoms with E-state index in [9.17, 15) is 4.79 Å². The Morgan fingerprint density at radius 2 is 1.66 bits per heavy atom. The largest absolute Gasteiger partial charge is 0.381 e. The average Bonchev–Trinajstić information content (AvgIpc) is 2.75. The fourth-order valence-electron chi connectivity index (χ4n) is 5.83. The van der Waals surface area contributed by atoms with E-state index in [4.69, 9.17) is 9.47 Å². The zero-order chi connectivity index (χ0) is 20.3. The first-order valence-electron chi connectivity index (χ1n) is 12.0. The van der Waals surface area contributed by atoms with Gasteiger partial charge in [0.2, 0.25) is 5.91 Å². The number of piperazine rings is 1. The quantitative estimate of drug-likeness (QED) is 0.715. The van der Waals surface area contributed by atoms with Gasteiger partial charge < -0.3 is 19.3 Å². The molecule has 1 atom stereocenters. The minimum Gasteiger partial charge on any atom is -0.381 e. The van der Waals surface area contributed by atoms with Gasteiger partial charge in [0, 0.05) is 77.6 Å². The topological polar surface area (TPSA) is 45.2 Å². The van der Waals surface area contributed by atoms with Crippen LogP contribution in [0.4, 0.5) is 0 Å². The minimum absolute atomic E-state index is 0.00440. The number of carbonyl (C=O) groups excluding carboxylic acids is 1. The van der Waals surface area contributed by atoms with E-state index >= 15 is 0 Å². The summed E-state index contributed by atoms with van der Waals surface area (Å²) in [7, 11) is 0. The van der Waals surface area contributed by atoms with E-state index in [0.29, 0.717) is 11.9 Å². The number of ether oxygens (including phenoxy) is 2. The Labute approximate surface area is 176 Å². The summed E-state index contributed by atoms with van der Waals surface area (Å²) >= 11 is 0. The standard InChI is InChI=1S/C23H41N3O3/c1-19(2)18-24-10-12-25(13-11-24)21-5-16-29-23(17-21)6-8-26(9-7-23)22(27)20-3-14-28-15-4-20/h19-21H,3-18H2,1-2H3/t21-/m1/s1. The predicted octanol–water partition coefficient (Wildman–Crippen LogP) is 2.23. The van der Waals surface area contributed by atoms with Crippen molar-refractivity contribution in [3.63, 3.8) is 0 Å². The zero-order valence-corrected chi connectivity index (χ0v) is 18.6. The number of rotatable bonds is 4. The smallest absolute Gasteiger partial charge is 0.225 e. The number of hydrogen-bond donors (Lipinski definition) is 0. The molecule has 6 nitrogen and oxygen atoms in total. The van der Waals surface area contributed by atoms with Gasteiger partial charge in [-0.2, -0.15) is 0 Å². The van der Waals surface area contributed by atoms with E-state index in [1.165, 1.54) is 32.7 Å². The van der Waals surface area contributed by atoms with Crippen molar-refractivity contribution < 1.29 is 14.3 Å². The van der Waals surface area contributed by atoms with Crippen LogP contribution in [-0.2, 0) is 14.3 Å². The number of nitrogens with zero attached hydrogens (tertiary/aromatic N) is 3. The second kappa shape index (κ2) is 9.63. The first-order chi connectivity index (χ1) is 14.0. The molecule has 4 saturated heterocycles. The van der Waals surface area contributed by atoms with Crippen molar-refractivity contribution >= 4 is 5.91 Å². The Morgan fingerprint density at radius 1 is 0.966 bits per heavy atom. The Bertz CT molecular complexity index is 533. The zero-order valence-electron chi connectivity index (χ0n) is 18.6. The summed E-state index contributed by atoms with van der Waals surface area (Å²) in [5.41, 5.74) is 0.00440. The lowest BCUT2D eigenvalue weighted by atomic mass is 9.81. The molecule has 166 valence electrons. The highest BCUT2D eigenvalue weighted by molar-refractivity contribution is 5.79. The number of likely N-dealkylation sites (tertiary alicyclic amines) is 1. The number of carbonyl (C=O) groups is 1. The van der Waals surface area contributed by atoms with E-state index in [2.05, 4.69) is 28.5 Å². The first-order valence-corrected chi connectivity index (χ1v) is 12.0. The predicted molar refractivity (Wildman–Crippen MR) is 114 cm³/mol. The Kier molecular flexibility index (Phi) is 7.15. The summed E-state index contributed by atoms with van der Waals surface area (Å²) in [6.45, 7) is 14.7. The van der Waals surface area contributed by atoms with Crippen LogP contribution in [0.1, 0.15) is 52.4 Å². The van der Waals surface area contributed by atoms with Gasteiger partial charge in [-0.1, -0.05) is 13.8 Å². The summed E-state index contributed by atoms with van der Waals surface area (Å²) < 4.78 is 11.8. The van der Waals surface area contributed by atoms with Gasteiger partial charge in [0.15, 0.2) is 0 Å². The first kappa shape index (κ1) is 21.5. The maximum absolute atomic E-state index is 12.9. The Balaban J connectivity index is 1.26. The molecule has 0 radical (unpaired) electrons. The molecule has 1 spiro atoms. The molecule has 4 aliphatic rings. The lowest BCUT2D eigenvalue weighted by Crippen LogP contribution is -2.58. The fraction of sp³-hybridized carbons (Fsp3) is 0.957. The van der Waals surface area contributed by atoms with Gasteiger partial charge >= 0.3 is 0 Å². The number of piperidine rings is 1. The van der Waals surface area contributed by atoms with Crippen LogP contribution in [0.15, 0.2) is 0 Å². The molecule has 0 aromatic carbocycles. The van der Waals surface area contributed by atoms with E-state index in [-0.39, 0.29) is 11.5 Å². The van der Waals surface area contributed by atoms with Gasteiger partial charge in [0.25, 0.3) is 0 Å². The van der Waals surface area contributed by atoms with Crippen LogP contribution in [0.5, 0.6) is 0 Å². The monoisotopic (exact) mass is 407 g/mol.